The number of halogens is 12. The normalized spacial score (nSPS) is 13.7. The van der Waals surface area contributed by atoms with E-state index >= 15 is 0 Å². The zero-order chi connectivity index (χ0) is 39.7. The summed E-state index contributed by atoms with van der Waals surface area (Å²) in [6, 6.07) is 14.9. The highest BCUT2D eigenvalue weighted by Crippen LogP contribution is 2.62. The fraction of sp³-hybridized carbons (Fsp3) is 0.105. The maximum absolute atomic E-state index is 14.0. The van der Waals surface area contributed by atoms with Crippen molar-refractivity contribution in [3.05, 3.63) is 128 Å². The van der Waals surface area contributed by atoms with E-state index in [-0.39, 0.29) is 67.8 Å². The Hall–Kier alpha value is -6.78. The summed E-state index contributed by atoms with van der Waals surface area (Å²) in [4.78, 5) is 0. The SMILES string of the molecule is N#CC(C#N)=C1C2=C(C(=C(C#N)C#N)c3cccc(-c4cc(C(F)(F)F)cc(C(F)(F)F)c4)c32)c2c1cccc2-c1cc(C(F)(F)F)cc(C(F)(F)F)c1. The van der Waals surface area contributed by atoms with Gasteiger partial charge >= 0.3 is 24.7 Å². The van der Waals surface area contributed by atoms with Crippen LogP contribution in [0.1, 0.15) is 44.5 Å². The van der Waals surface area contributed by atoms with Gasteiger partial charge in [-0.25, -0.2) is 0 Å². The first-order valence-corrected chi connectivity index (χ1v) is 14.9. The fourth-order valence-corrected chi connectivity index (χ4v) is 6.57. The van der Waals surface area contributed by atoms with E-state index in [0.717, 1.165) is 12.1 Å². The second-order valence-corrected chi connectivity index (χ2v) is 11.7. The van der Waals surface area contributed by atoms with Crippen molar-refractivity contribution in [3.63, 3.8) is 0 Å². The number of benzene rings is 4. The third kappa shape index (κ3) is 6.02. The van der Waals surface area contributed by atoms with Crippen molar-refractivity contribution in [1.29, 1.82) is 21.0 Å². The number of nitrogens with zero attached hydrogens (tertiary/aromatic N) is 4. The van der Waals surface area contributed by atoms with Crippen molar-refractivity contribution in [1.82, 2.24) is 0 Å². The van der Waals surface area contributed by atoms with Gasteiger partial charge in [0.15, 0.2) is 0 Å². The van der Waals surface area contributed by atoms with Crippen molar-refractivity contribution in [2.24, 2.45) is 0 Å². The van der Waals surface area contributed by atoms with E-state index in [0.29, 0.717) is 24.3 Å². The Bertz CT molecular complexity index is 2310. The molecule has 4 nitrogen and oxygen atoms in total. The number of allylic oxidation sites excluding steroid dienone is 6. The van der Waals surface area contributed by atoms with Crippen molar-refractivity contribution in [2.45, 2.75) is 24.7 Å². The topological polar surface area (TPSA) is 95.2 Å². The lowest BCUT2D eigenvalue weighted by molar-refractivity contribution is -0.144. The molecule has 4 aromatic carbocycles. The van der Waals surface area contributed by atoms with Gasteiger partial charge in [-0.3, -0.25) is 0 Å². The van der Waals surface area contributed by atoms with E-state index in [4.69, 9.17) is 0 Å². The first-order valence-electron chi connectivity index (χ1n) is 14.9. The zero-order valence-electron chi connectivity index (χ0n) is 26.3. The largest absolute Gasteiger partial charge is 0.416 e. The number of hydrogen-bond acceptors (Lipinski definition) is 4. The molecule has 0 atom stereocenters. The molecule has 0 N–H and O–H groups in total. The lowest BCUT2D eigenvalue weighted by Crippen LogP contribution is -2.11. The fourth-order valence-electron chi connectivity index (χ4n) is 6.57. The molecule has 16 heteroatoms. The molecule has 4 aromatic rings. The highest BCUT2D eigenvalue weighted by atomic mass is 19.4. The Morgan fingerprint density at radius 2 is 0.648 bits per heavy atom. The van der Waals surface area contributed by atoms with Crippen molar-refractivity contribution in [2.75, 3.05) is 0 Å². The van der Waals surface area contributed by atoms with Crippen LogP contribution in [0.3, 0.4) is 0 Å². The summed E-state index contributed by atoms with van der Waals surface area (Å²) >= 11 is 0. The summed E-state index contributed by atoms with van der Waals surface area (Å²) in [5.41, 5.74) is -12.6. The number of nitriles is 4. The van der Waals surface area contributed by atoms with Crippen molar-refractivity contribution < 1.29 is 52.7 Å². The summed E-state index contributed by atoms with van der Waals surface area (Å²) in [5, 5.41) is 40.2. The third-order valence-corrected chi connectivity index (χ3v) is 8.66. The van der Waals surface area contributed by atoms with Crippen LogP contribution < -0.4 is 0 Å². The molecule has 0 saturated heterocycles. The first kappa shape index (κ1) is 37.0. The van der Waals surface area contributed by atoms with Gasteiger partial charge in [-0.2, -0.15) is 73.7 Å². The molecule has 54 heavy (non-hydrogen) atoms. The Morgan fingerprint density at radius 3 is 0.889 bits per heavy atom. The molecule has 0 fully saturated rings. The molecule has 0 radical (unpaired) electrons. The van der Waals surface area contributed by atoms with E-state index in [1.165, 1.54) is 24.3 Å². The quantitative estimate of drug-likeness (QED) is 0.150. The molecular weight excluding hydrogens is 740 g/mol. The molecule has 0 amide bonds. The highest BCUT2D eigenvalue weighted by molar-refractivity contribution is 6.39. The van der Waals surface area contributed by atoms with Gasteiger partial charge in [-0.05, 0) is 80.9 Å². The smallest absolute Gasteiger partial charge is 0.192 e. The van der Waals surface area contributed by atoms with E-state index < -0.39 is 69.2 Å². The van der Waals surface area contributed by atoms with Gasteiger partial charge in [0.2, 0.25) is 0 Å². The Kier molecular flexibility index (Phi) is 8.51. The van der Waals surface area contributed by atoms with E-state index in [9.17, 15) is 73.7 Å². The average molecular weight is 753 g/mol. The predicted molar refractivity (Wildman–Crippen MR) is 167 cm³/mol. The maximum atomic E-state index is 14.0. The van der Waals surface area contributed by atoms with Crippen LogP contribution in [0.25, 0.3) is 44.5 Å². The first-order chi connectivity index (χ1) is 25.1. The molecule has 0 unspecified atom stereocenters. The van der Waals surface area contributed by atoms with Gasteiger partial charge < -0.3 is 0 Å². The van der Waals surface area contributed by atoms with E-state index in [2.05, 4.69) is 0 Å². The van der Waals surface area contributed by atoms with E-state index in [1.54, 1.807) is 24.3 Å². The number of rotatable bonds is 2. The molecule has 0 spiro atoms. The molecular formula is C38H12F12N4. The third-order valence-electron chi connectivity index (χ3n) is 8.66. The molecule has 2 aliphatic rings. The zero-order valence-corrected chi connectivity index (χ0v) is 26.3. The lowest BCUT2D eigenvalue weighted by atomic mass is 9.83. The summed E-state index contributed by atoms with van der Waals surface area (Å²) in [5.74, 6) is 0. The monoisotopic (exact) mass is 752 g/mol. The van der Waals surface area contributed by atoms with Gasteiger partial charge in [0, 0.05) is 22.3 Å². The Balaban J connectivity index is 1.82. The minimum Gasteiger partial charge on any atom is -0.192 e. The predicted octanol–water partition coefficient (Wildman–Crippen LogP) is 11.6. The maximum Gasteiger partial charge on any atom is 0.416 e. The molecule has 0 bridgehead atoms. The summed E-state index contributed by atoms with van der Waals surface area (Å²) < 4.78 is 168. The highest BCUT2D eigenvalue weighted by Gasteiger charge is 2.44. The standard InChI is InChI=1S/C38H12F12N4/c39-35(40,41)21-7-17(8-22(11-21)36(42,43)44)25-3-1-5-27-29(19(13-51)14-52)33-32-26(18-9-23(37(45,46)47)12-24(10-18)38(48,49)50)4-2-6-28(32)30(20(15-53)16-54)34(33)31(25)27/h1-12H. The minimum absolute atomic E-state index is 0.122. The number of alkyl halides is 12. The van der Waals surface area contributed by atoms with Crippen molar-refractivity contribution in [3.8, 4) is 46.5 Å². The molecule has 6 rings (SSSR count). The van der Waals surface area contributed by atoms with Gasteiger partial charge in [0.05, 0.1) is 22.3 Å². The molecule has 0 heterocycles. The lowest BCUT2D eigenvalue weighted by Gasteiger charge is -2.19. The van der Waals surface area contributed by atoms with Crippen molar-refractivity contribution >= 4 is 22.3 Å². The average Bonchev–Trinajstić information content (AvgIpc) is 3.60. The number of fused-ring (bicyclic) bond motifs is 4. The van der Waals surface area contributed by atoms with Crippen LogP contribution in [-0.2, 0) is 24.7 Å². The Labute approximate surface area is 295 Å². The summed E-state index contributed by atoms with van der Waals surface area (Å²) in [6.07, 6.45) is -21.2. The van der Waals surface area contributed by atoms with Gasteiger partial charge in [0.1, 0.15) is 35.4 Å². The Morgan fingerprint density at radius 1 is 0.389 bits per heavy atom. The van der Waals surface area contributed by atoms with Crippen LogP contribution in [0.2, 0.25) is 0 Å². The second-order valence-electron chi connectivity index (χ2n) is 11.7. The van der Waals surface area contributed by atoms with Crippen LogP contribution in [0, 0.1) is 45.3 Å². The summed E-state index contributed by atoms with van der Waals surface area (Å²) in [6.45, 7) is 0. The number of hydrogen-bond donors (Lipinski definition) is 0. The molecule has 2 aliphatic carbocycles. The molecule has 0 aromatic heterocycles. The van der Waals surface area contributed by atoms with Gasteiger partial charge in [0.25, 0.3) is 0 Å². The van der Waals surface area contributed by atoms with Gasteiger partial charge in [-0.15, -0.1) is 0 Å². The second kappa shape index (κ2) is 12.4. The van der Waals surface area contributed by atoms with Gasteiger partial charge in [-0.1, -0.05) is 36.4 Å². The molecule has 0 saturated carbocycles. The van der Waals surface area contributed by atoms with Crippen LogP contribution in [-0.4, -0.2) is 0 Å². The van der Waals surface area contributed by atoms with Crippen LogP contribution in [0.4, 0.5) is 52.7 Å². The van der Waals surface area contributed by atoms with E-state index in [1.807, 2.05) is 0 Å². The minimum atomic E-state index is -5.29. The summed E-state index contributed by atoms with van der Waals surface area (Å²) in [7, 11) is 0. The van der Waals surface area contributed by atoms with Crippen LogP contribution >= 0.6 is 0 Å². The molecule has 268 valence electrons. The molecule has 0 aliphatic heterocycles. The van der Waals surface area contributed by atoms with Crippen LogP contribution in [0.5, 0.6) is 0 Å². The van der Waals surface area contributed by atoms with Crippen LogP contribution in [0.15, 0.2) is 83.9 Å².